The first-order valence-corrected chi connectivity index (χ1v) is 10.4. The van der Waals surface area contributed by atoms with E-state index in [4.69, 9.17) is 9.47 Å². The first kappa shape index (κ1) is 22.0. The number of ether oxygens (including phenoxy) is 2. The molecule has 1 atom stereocenters. The second kappa shape index (κ2) is 9.76. The fourth-order valence-corrected chi connectivity index (χ4v) is 3.68. The molecule has 0 saturated carbocycles. The van der Waals surface area contributed by atoms with Gasteiger partial charge in [-0.3, -0.25) is 14.4 Å². The summed E-state index contributed by atoms with van der Waals surface area (Å²) in [5, 5.41) is 0. The Labute approximate surface area is 164 Å². The van der Waals surface area contributed by atoms with Crippen molar-refractivity contribution in [3.63, 3.8) is 0 Å². The van der Waals surface area contributed by atoms with E-state index in [1.165, 1.54) is 38.1 Å². The smallest absolute Gasteiger partial charge is 0.307 e. The number of hydrogen-bond acceptors (Lipinski definition) is 7. The van der Waals surface area contributed by atoms with E-state index < -0.39 is 22.1 Å². The van der Waals surface area contributed by atoms with Crippen molar-refractivity contribution in [2.45, 2.75) is 31.3 Å². The van der Waals surface area contributed by atoms with Crippen LogP contribution in [0.1, 0.15) is 30.6 Å². The van der Waals surface area contributed by atoms with Crippen LogP contribution >= 0.6 is 0 Å². The molecule has 9 nitrogen and oxygen atoms in total. The second-order valence-electron chi connectivity index (χ2n) is 6.30. The van der Waals surface area contributed by atoms with E-state index >= 15 is 0 Å². The van der Waals surface area contributed by atoms with Gasteiger partial charge in [0.05, 0.1) is 24.5 Å². The number of benzene rings is 1. The maximum atomic E-state index is 12.3. The molecule has 0 spiro atoms. The van der Waals surface area contributed by atoms with E-state index in [0.717, 1.165) is 0 Å². The normalized spacial score (nSPS) is 15.7. The van der Waals surface area contributed by atoms with Gasteiger partial charge in [0.25, 0.3) is 5.91 Å². The van der Waals surface area contributed by atoms with Crippen molar-refractivity contribution >= 4 is 27.7 Å². The van der Waals surface area contributed by atoms with Crippen LogP contribution in [0.4, 0.5) is 0 Å². The summed E-state index contributed by atoms with van der Waals surface area (Å²) in [6, 6.07) is 5.62. The quantitative estimate of drug-likeness (QED) is 0.483. The molecule has 0 unspecified atom stereocenters. The molecule has 1 saturated heterocycles. The molecule has 1 heterocycles. The third-order valence-corrected chi connectivity index (χ3v) is 5.61. The fourth-order valence-electron chi connectivity index (χ4n) is 2.60. The molecule has 28 heavy (non-hydrogen) atoms. The third-order valence-electron chi connectivity index (χ3n) is 4.15. The highest BCUT2D eigenvalue weighted by atomic mass is 32.2. The van der Waals surface area contributed by atoms with Gasteiger partial charge in [-0.2, -0.15) is 0 Å². The van der Waals surface area contributed by atoms with E-state index in [-0.39, 0.29) is 35.1 Å². The topological polar surface area (TPSA) is 119 Å². The molecule has 0 aromatic heterocycles. The van der Waals surface area contributed by atoms with Gasteiger partial charge in [-0.1, -0.05) is 12.1 Å². The van der Waals surface area contributed by atoms with Gasteiger partial charge in [0.1, 0.15) is 0 Å². The number of esters is 1. The summed E-state index contributed by atoms with van der Waals surface area (Å²) in [6.45, 7) is 4.41. The maximum Gasteiger partial charge on any atom is 0.307 e. The summed E-state index contributed by atoms with van der Waals surface area (Å²) in [6.07, 6.45) is -1.18. The van der Waals surface area contributed by atoms with Gasteiger partial charge < -0.3 is 14.4 Å². The van der Waals surface area contributed by atoms with E-state index in [2.05, 4.69) is 4.72 Å². The zero-order valence-electron chi connectivity index (χ0n) is 15.8. The van der Waals surface area contributed by atoms with Gasteiger partial charge in [0.2, 0.25) is 10.0 Å². The molecule has 0 radical (unpaired) electrons. The highest BCUT2D eigenvalue weighted by Gasteiger charge is 2.25. The molecule has 2 rings (SSSR count). The SMILES string of the molecule is CC(=O)c1cccc(S(=O)(=O)NCCC(=O)O[C@H](C)C(=O)N2CCOCC2)c1. The molecular weight excluding hydrogens is 388 g/mol. The average Bonchev–Trinajstić information content (AvgIpc) is 2.68. The number of Topliss-reactive ketones (excluding diaryl/α,β-unsaturated/α-hetero) is 1. The maximum absolute atomic E-state index is 12.3. The van der Waals surface area contributed by atoms with E-state index in [9.17, 15) is 22.8 Å². The molecule has 1 amide bonds. The van der Waals surface area contributed by atoms with Crippen LogP contribution in [0, 0.1) is 0 Å². The molecule has 1 aromatic rings. The Morgan fingerprint density at radius 3 is 2.57 bits per heavy atom. The molecule has 0 aliphatic carbocycles. The van der Waals surface area contributed by atoms with Crippen LogP contribution in [0.2, 0.25) is 0 Å². The zero-order chi connectivity index (χ0) is 20.7. The van der Waals surface area contributed by atoms with Gasteiger partial charge in [0.15, 0.2) is 11.9 Å². The number of amides is 1. The molecule has 0 bridgehead atoms. The summed E-state index contributed by atoms with van der Waals surface area (Å²) in [5.74, 6) is -1.24. The minimum absolute atomic E-state index is 0.0653. The monoisotopic (exact) mass is 412 g/mol. The summed E-state index contributed by atoms with van der Waals surface area (Å²) in [7, 11) is -3.87. The lowest BCUT2D eigenvalue weighted by molar-refractivity contribution is -0.160. The molecule has 1 aliphatic heterocycles. The minimum Gasteiger partial charge on any atom is -0.452 e. The van der Waals surface area contributed by atoms with Crippen LogP contribution in [-0.2, 0) is 29.1 Å². The first-order chi connectivity index (χ1) is 13.2. The molecule has 154 valence electrons. The van der Waals surface area contributed by atoms with Crippen LogP contribution in [0.15, 0.2) is 29.2 Å². The molecule has 1 aromatic carbocycles. The number of carbonyl (C=O) groups is 3. The van der Waals surface area contributed by atoms with Gasteiger partial charge >= 0.3 is 5.97 Å². The van der Waals surface area contributed by atoms with Gasteiger partial charge in [-0.25, -0.2) is 13.1 Å². The predicted octanol–water partition coefficient (Wildman–Crippen LogP) is 0.348. The highest BCUT2D eigenvalue weighted by molar-refractivity contribution is 7.89. The number of morpholine rings is 1. The van der Waals surface area contributed by atoms with Crippen molar-refractivity contribution in [1.82, 2.24) is 9.62 Å². The van der Waals surface area contributed by atoms with Crippen molar-refractivity contribution in [3.8, 4) is 0 Å². The Hall–Kier alpha value is -2.30. The van der Waals surface area contributed by atoms with Crippen LogP contribution in [0.5, 0.6) is 0 Å². The van der Waals surface area contributed by atoms with Gasteiger partial charge in [-0.05, 0) is 26.0 Å². The second-order valence-corrected chi connectivity index (χ2v) is 8.07. The van der Waals surface area contributed by atoms with Crippen LogP contribution < -0.4 is 4.72 Å². The largest absolute Gasteiger partial charge is 0.452 e. The van der Waals surface area contributed by atoms with Crippen LogP contribution in [0.3, 0.4) is 0 Å². The van der Waals surface area contributed by atoms with Crippen molar-refractivity contribution in [1.29, 1.82) is 0 Å². The first-order valence-electron chi connectivity index (χ1n) is 8.87. The van der Waals surface area contributed by atoms with Crippen molar-refractivity contribution in [2.75, 3.05) is 32.8 Å². The summed E-state index contributed by atoms with van der Waals surface area (Å²) in [4.78, 5) is 37.0. The number of carbonyl (C=O) groups excluding carboxylic acids is 3. The Balaban J connectivity index is 1.83. The van der Waals surface area contributed by atoms with Crippen LogP contribution in [-0.4, -0.2) is 69.9 Å². The van der Waals surface area contributed by atoms with Crippen molar-refractivity contribution in [3.05, 3.63) is 29.8 Å². The third kappa shape index (κ3) is 6.11. The molecule has 1 fully saturated rings. The van der Waals surface area contributed by atoms with E-state index in [1.54, 1.807) is 4.90 Å². The standard InChI is InChI=1S/C18H24N2O7S/c1-13(21)15-4-3-5-16(12-15)28(24,25)19-7-6-17(22)27-14(2)18(23)20-8-10-26-11-9-20/h3-5,12,14,19H,6-11H2,1-2H3/t14-/m1/s1. The number of hydrogen-bond donors (Lipinski definition) is 1. The van der Waals surface area contributed by atoms with Gasteiger partial charge in [-0.15, -0.1) is 0 Å². The van der Waals surface area contributed by atoms with E-state index in [1.807, 2.05) is 0 Å². The number of nitrogens with one attached hydrogen (secondary N) is 1. The van der Waals surface area contributed by atoms with Gasteiger partial charge in [0, 0.05) is 25.2 Å². The lowest BCUT2D eigenvalue weighted by Gasteiger charge is -2.28. The van der Waals surface area contributed by atoms with Crippen molar-refractivity contribution < 1.29 is 32.3 Å². The summed E-state index contributed by atoms with van der Waals surface area (Å²) < 4.78 is 37.1. The molecule has 10 heteroatoms. The zero-order valence-corrected chi connectivity index (χ0v) is 16.7. The number of nitrogens with zero attached hydrogens (tertiary/aromatic N) is 1. The molecule has 1 aliphatic rings. The lowest BCUT2D eigenvalue weighted by atomic mass is 10.2. The molecular formula is C18H24N2O7S. The number of sulfonamides is 1. The number of rotatable bonds is 8. The number of ketones is 1. The van der Waals surface area contributed by atoms with Crippen LogP contribution in [0.25, 0.3) is 0 Å². The average molecular weight is 412 g/mol. The summed E-state index contributed by atoms with van der Waals surface area (Å²) in [5.41, 5.74) is 0.276. The predicted molar refractivity (Wildman–Crippen MR) is 99.2 cm³/mol. The Bertz CT molecular complexity index is 832. The Morgan fingerprint density at radius 1 is 1.25 bits per heavy atom. The van der Waals surface area contributed by atoms with E-state index in [0.29, 0.717) is 26.3 Å². The van der Waals surface area contributed by atoms with Crippen molar-refractivity contribution in [2.24, 2.45) is 0 Å². The fraction of sp³-hybridized carbons (Fsp3) is 0.500. The molecule has 1 N–H and O–H groups in total. The minimum atomic E-state index is -3.87. The highest BCUT2D eigenvalue weighted by Crippen LogP contribution is 2.12. The summed E-state index contributed by atoms with van der Waals surface area (Å²) >= 11 is 0. The lowest BCUT2D eigenvalue weighted by Crippen LogP contribution is -2.46. The Morgan fingerprint density at radius 2 is 1.93 bits per heavy atom. The Kier molecular flexibility index (Phi) is 7.67.